The molecule has 18 heteroatoms. The molecule has 1 unspecified atom stereocenters. The molecule has 1 fully saturated rings. The molecule has 9 atom stereocenters. The van der Waals surface area contributed by atoms with Gasteiger partial charge in [0, 0.05) is 105 Å². The van der Waals surface area contributed by atoms with E-state index in [0.29, 0.717) is 51.8 Å². The number of esters is 7. The minimum absolute atomic E-state index is 0.0103. The van der Waals surface area contributed by atoms with Gasteiger partial charge in [0.2, 0.25) is 0 Å². The monoisotopic (exact) mass is 995 g/mol. The maximum absolute atomic E-state index is 14.0. The summed E-state index contributed by atoms with van der Waals surface area (Å²) in [6.45, 7) is 15.7. The molecule has 18 nitrogen and oxygen atoms in total. The number of fused-ring (bicyclic) bond motifs is 6. The molecule has 5 rings (SSSR count). The van der Waals surface area contributed by atoms with Gasteiger partial charge in [0.15, 0.2) is 0 Å². The Bertz CT molecular complexity index is 2340. The van der Waals surface area contributed by atoms with Crippen molar-refractivity contribution in [3.63, 3.8) is 0 Å². The Hall–Kier alpha value is -5.68. The van der Waals surface area contributed by atoms with Crippen molar-refractivity contribution in [2.45, 2.75) is 138 Å². The summed E-state index contributed by atoms with van der Waals surface area (Å²) in [7, 11) is 9.21. The van der Waals surface area contributed by atoms with Gasteiger partial charge in [-0.1, -0.05) is 34.6 Å². The molecule has 0 spiro atoms. The smallest absolute Gasteiger partial charge is 0.306 e. The maximum Gasteiger partial charge on any atom is 0.306 e. The van der Waals surface area contributed by atoms with Crippen molar-refractivity contribution in [3.05, 3.63) is 34.3 Å². The average molecular weight is 995 g/mol. The SMILES string of the molecule is COC(=O)CC[14C@@H]1/C2=C(\C)C3=N[14C@H]([C@H](CC(=O)OC)[14C@@]3(C)CCC(=O)OC)[14C]3(C)N=C(/C(C)=[14C]4\N/C(=C\[14C](=N2)C1(C)C)[14C@@H](CCC(=O)OC)[C@]4(C)CC(=O)OC)[14C@@H](CCC(=O)OC)[C@]3(C)CC(=O)OC. The van der Waals surface area contributed by atoms with Gasteiger partial charge in [0.25, 0.3) is 0 Å². The van der Waals surface area contributed by atoms with Gasteiger partial charge < -0.3 is 38.5 Å². The van der Waals surface area contributed by atoms with Crippen LogP contribution in [0.4, 0.5) is 0 Å². The lowest BCUT2D eigenvalue weighted by Crippen LogP contribution is -2.55. The van der Waals surface area contributed by atoms with Crippen molar-refractivity contribution < 1.29 is 66.7 Å². The lowest BCUT2D eigenvalue weighted by atomic mass is 10.0. The van der Waals surface area contributed by atoms with Crippen LogP contribution in [0.3, 0.4) is 0 Å². The number of aliphatic imine (C=N–C) groups is 3. The standard InChI is InChI=1S/C52H74N4O14/c1-28-43-31(17-20-37(58)65-10)48(3,4)35(54-43)25-34-30(16-19-36(57)64-9)50(6,26-41(62)69-14)46(53-34)29(2)44-32(18-21-38(59)66-11)51(7,27-42(63)70-15)52(8,56-44)47-33(24-40(61)68-13)49(5,45(28)55-47)23-22-39(60)67-12/h25,30-33,47,53H,16-24,26-27H2,1-15H3/b34-25-,43-28-,46-29-/t30-,31-,32-,33+,47-,49-,50+,51+,52?/m1/s1/i30+2,31+2,32+2,35+2,46+2,47+2,49+2,52+2. The number of hydrogen-bond donors (Lipinski definition) is 1. The molecule has 5 aliphatic rings. The lowest BCUT2D eigenvalue weighted by molar-refractivity contribution is -0.147. The van der Waals surface area contributed by atoms with Gasteiger partial charge in [-0.3, -0.25) is 48.5 Å². The fourth-order valence-corrected chi connectivity index (χ4v) is 12.3. The normalized spacial score (nSPS) is 33.4. The second kappa shape index (κ2) is 21.4. The van der Waals surface area contributed by atoms with Crippen molar-refractivity contribution >= 4 is 58.9 Å². The highest BCUT2D eigenvalue weighted by atomic mass is 16.5. The topological polar surface area (TPSA) is 233 Å². The zero-order chi connectivity index (χ0) is 52.3. The van der Waals surface area contributed by atoms with Crippen molar-refractivity contribution in [2.75, 3.05) is 49.8 Å². The van der Waals surface area contributed by atoms with E-state index >= 15 is 0 Å². The quantitative estimate of drug-likeness (QED) is 0.113. The molecular weight excluding hydrogens is 921 g/mol. The van der Waals surface area contributed by atoms with Crippen LogP contribution in [0.15, 0.2) is 49.3 Å². The van der Waals surface area contributed by atoms with Gasteiger partial charge >= 0.3 is 41.8 Å². The summed E-state index contributed by atoms with van der Waals surface area (Å²) in [6.07, 6.45) is 2.42. The summed E-state index contributed by atoms with van der Waals surface area (Å²) in [4.78, 5) is 111. The first kappa shape index (κ1) is 55.2. The Morgan fingerprint density at radius 3 is 1.69 bits per heavy atom. The zero-order valence-corrected chi connectivity index (χ0v) is 43.8. The van der Waals surface area contributed by atoms with Gasteiger partial charge in [-0.2, -0.15) is 0 Å². The third kappa shape index (κ3) is 9.97. The fourth-order valence-electron chi connectivity index (χ4n) is 12.3. The molecule has 70 heavy (non-hydrogen) atoms. The van der Waals surface area contributed by atoms with Crippen LogP contribution in [0.2, 0.25) is 0 Å². The highest BCUT2D eigenvalue weighted by molar-refractivity contribution is 6.10. The average Bonchev–Trinajstić information content (AvgIpc) is 3.95. The molecule has 0 amide bonds. The zero-order valence-electron chi connectivity index (χ0n) is 43.8. The molecule has 1 N–H and O–H groups in total. The Labute approximate surface area is 411 Å². The van der Waals surface area contributed by atoms with Crippen molar-refractivity contribution in [1.82, 2.24) is 5.32 Å². The van der Waals surface area contributed by atoms with E-state index in [-0.39, 0.29) is 64.2 Å². The number of rotatable bonds is 18. The number of nitrogens with zero attached hydrogens (tertiary/aromatic N) is 3. The Balaban J connectivity index is 2.05. The molecule has 8 bridgehead atoms. The fraction of sp³-hybridized carbons (Fsp3) is 0.692. The van der Waals surface area contributed by atoms with Gasteiger partial charge in [-0.25, -0.2) is 0 Å². The predicted octanol–water partition coefficient (Wildman–Crippen LogP) is 6.54. The molecule has 0 aromatic heterocycles. The first-order valence-electron chi connectivity index (χ1n) is 24.0. The number of carbonyl (C=O) groups excluding carboxylic acids is 7. The first-order valence-corrected chi connectivity index (χ1v) is 24.0. The van der Waals surface area contributed by atoms with Gasteiger partial charge in [-0.05, 0) is 63.7 Å². The Kier molecular flexibility index (Phi) is 16.9. The minimum atomic E-state index is -1.37. The molecule has 5 heterocycles. The van der Waals surface area contributed by atoms with E-state index in [2.05, 4.69) is 19.2 Å². The van der Waals surface area contributed by atoms with Crippen molar-refractivity contribution in [1.29, 1.82) is 0 Å². The predicted molar refractivity (Wildman–Crippen MR) is 258 cm³/mol. The van der Waals surface area contributed by atoms with E-state index in [9.17, 15) is 33.6 Å². The number of hydrogen-bond acceptors (Lipinski definition) is 18. The molecular formula is C52H74N4O14. The molecule has 0 aromatic rings. The number of carbonyl (C=O) groups is 7. The van der Waals surface area contributed by atoms with Crippen molar-refractivity contribution in [3.8, 4) is 0 Å². The summed E-state index contributed by atoms with van der Waals surface area (Å²) >= 11 is 0. The number of ether oxygens (including phenoxy) is 7. The molecule has 386 valence electrons. The summed E-state index contributed by atoms with van der Waals surface area (Å²) in [5.74, 6) is -5.67. The van der Waals surface area contributed by atoms with E-state index in [1.165, 1.54) is 49.8 Å². The highest BCUT2D eigenvalue weighted by Crippen LogP contribution is 2.62. The Morgan fingerprint density at radius 2 is 1.16 bits per heavy atom. The molecule has 0 radical (unpaired) electrons. The van der Waals surface area contributed by atoms with Crippen LogP contribution in [0.1, 0.15) is 126 Å². The van der Waals surface area contributed by atoms with Crippen LogP contribution in [0, 0.1) is 45.3 Å². The van der Waals surface area contributed by atoms with Gasteiger partial charge in [0.05, 0.1) is 80.6 Å². The second-order valence-electron chi connectivity index (χ2n) is 20.7. The van der Waals surface area contributed by atoms with E-state index in [0.717, 1.165) is 0 Å². The van der Waals surface area contributed by atoms with E-state index < -0.39 is 98.7 Å². The maximum atomic E-state index is 14.0. The number of nitrogens with one attached hydrogen (secondary N) is 1. The first-order chi connectivity index (χ1) is 32.8. The van der Waals surface area contributed by atoms with Crippen LogP contribution >= 0.6 is 0 Å². The van der Waals surface area contributed by atoms with Crippen molar-refractivity contribution in [2.24, 2.45) is 60.3 Å². The van der Waals surface area contributed by atoms with Crippen LogP contribution in [-0.2, 0) is 66.7 Å². The highest BCUT2D eigenvalue weighted by Gasteiger charge is 2.66. The van der Waals surface area contributed by atoms with Gasteiger partial charge in [-0.15, -0.1) is 0 Å². The molecule has 5 aliphatic heterocycles. The van der Waals surface area contributed by atoms with Crippen LogP contribution in [0.5, 0.6) is 0 Å². The van der Waals surface area contributed by atoms with E-state index in [1.807, 2.05) is 47.6 Å². The lowest BCUT2D eigenvalue weighted by Gasteiger charge is -2.48. The minimum Gasteiger partial charge on any atom is -0.469 e. The summed E-state index contributed by atoms with van der Waals surface area (Å²) in [6, 6.07) is -0.888. The number of methoxy groups -OCH3 is 7. The molecule has 0 aromatic carbocycles. The molecule has 0 saturated carbocycles. The third-order valence-electron chi connectivity index (χ3n) is 16.8. The van der Waals surface area contributed by atoms with Gasteiger partial charge in [0.1, 0.15) is 0 Å². The summed E-state index contributed by atoms with van der Waals surface area (Å²) < 4.78 is 36.8. The number of allylic oxidation sites excluding steroid dienone is 6. The van der Waals surface area contributed by atoms with E-state index in [4.69, 9.17) is 48.1 Å². The molecule has 0 aliphatic carbocycles. The van der Waals surface area contributed by atoms with Crippen LogP contribution in [-0.4, -0.2) is 120 Å². The van der Waals surface area contributed by atoms with Crippen LogP contribution < -0.4 is 5.32 Å². The molecule has 1 saturated heterocycles. The third-order valence-corrected chi connectivity index (χ3v) is 16.8. The van der Waals surface area contributed by atoms with E-state index in [1.54, 1.807) is 0 Å². The Morgan fingerprint density at radius 1 is 0.671 bits per heavy atom. The van der Waals surface area contributed by atoms with Crippen LogP contribution in [0.25, 0.3) is 0 Å². The second-order valence-corrected chi connectivity index (χ2v) is 20.7. The summed E-state index contributed by atoms with van der Waals surface area (Å²) in [5.41, 5.74) is -0.483. The summed E-state index contributed by atoms with van der Waals surface area (Å²) in [5, 5.41) is 3.73. The largest absolute Gasteiger partial charge is 0.469 e.